The molecule has 0 radical (unpaired) electrons. The number of allylic oxidation sites excluding steroid dienone is 3. The lowest BCUT2D eigenvalue weighted by Gasteiger charge is -2.08. The average molecular weight is 247 g/mol. The van der Waals surface area contributed by atoms with Gasteiger partial charge >= 0.3 is 0 Å². The Kier molecular flexibility index (Phi) is 7.66. The molecule has 1 fully saturated rings. The van der Waals surface area contributed by atoms with Crippen molar-refractivity contribution in [2.45, 2.75) is 38.2 Å². The molecule has 0 aliphatic carbocycles. The highest BCUT2D eigenvalue weighted by Crippen LogP contribution is 2.10. The molecule has 1 aliphatic rings. The minimum Gasteiger partial charge on any atom is -0.376 e. The fourth-order valence-electron chi connectivity index (χ4n) is 1.72. The Bertz CT molecular complexity index is 333. The lowest BCUT2D eigenvalue weighted by Crippen LogP contribution is -2.30. The van der Waals surface area contributed by atoms with Crippen LogP contribution in [0.25, 0.3) is 0 Å². The first-order valence-electron chi connectivity index (χ1n) is 6.49. The van der Waals surface area contributed by atoms with Crippen molar-refractivity contribution in [1.29, 1.82) is 0 Å². The van der Waals surface area contributed by atoms with Gasteiger partial charge in [0.15, 0.2) is 0 Å². The van der Waals surface area contributed by atoms with Crippen molar-refractivity contribution in [1.82, 2.24) is 5.32 Å². The molecule has 0 aromatic heterocycles. The summed E-state index contributed by atoms with van der Waals surface area (Å²) >= 11 is 0. The number of carbonyl (C=O) groups is 1. The van der Waals surface area contributed by atoms with Gasteiger partial charge in [-0.15, -0.1) is 12.3 Å². The Morgan fingerprint density at radius 1 is 1.50 bits per heavy atom. The van der Waals surface area contributed by atoms with Crippen LogP contribution in [0.2, 0.25) is 0 Å². The van der Waals surface area contributed by atoms with Crippen molar-refractivity contribution >= 4 is 5.91 Å². The van der Waals surface area contributed by atoms with E-state index < -0.39 is 0 Å². The molecule has 1 amide bonds. The molecule has 1 rings (SSSR count). The Balaban J connectivity index is 2.05. The average Bonchev–Trinajstić information content (AvgIpc) is 2.88. The van der Waals surface area contributed by atoms with Gasteiger partial charge in [-0.2, -0.15) is 0 Å². The number of terminal acetylenes is 1. The van der Waals surface area contributed by atoms with Gasteiger partial charge in [-0.1, -0.05) is 18.2 Å². The standard InChI is InChI=1S/C15H21NO2/c1-2-3-4-5-6-7-8-11-15(17)16-13-14-10-9-12-18-14/h1,6-8,11,14H,3-5,9-10,12-13H2,(H,16,17). The van der Waals surface area contributed by atoms with Crippen molar-refractivity contribution in [3.63, 3.8) is 0 Å². The van der Waals surface area contributed by atoms with Crippen LogP contribution >= 0.6 is 0 Å². The van der Waals surface area contributed by atoms with Crippen LogP contribution in [0, 0.1) is 12.3 Å². The fraction of sp³-hybridized carbons (Fsp3) is 0.533. The zero-order valence-electron chi connectivity index (χ0n) is 10.7. The molecule has 0 aromatic rings. The number of ether oxygens (including phenoxy) is 1. The summed E-state index contributed by atoms with van der Waals surface area (Å²) in [6.45, 7) is 1.42. The minimum atomic E-state index is -0.0706. The second-order valence-corrected chi connectivity index (χ2v) is 4.26. The van der Waals surface area contributed by atoms with Crippen molar-refractivity contribution in [3.8, 4) is 12.3 Å². The van der Waals surface area contributed by atoms with Crippen LogP contribution in [0.3, 0.4) is 0 Å². The Labute approximate surface area is 109 Å². The summed E-state index contributed by atoms with van der Waals surface area (Å²) in [5.41, 5.74) is 0. The summed E-state index contributed by atoms with van der Waals surface area (Å²) in [4.78, 5) is 11.4. The van der Waals surface area contributed by atoms with Gasteiger partial charge in [0.1, 0.15) is 0 Å². The second kappa shape index (κ2) is 9.49. The van der Waals surface area contributed by atoms with Gasteiger partial charge in [-0.25, -0.2) is 0 Å². The van der Waals surface area contributed by atoms with Gasteiger partial charge in [-0.3, -0.25) is 4.79 Å². The highest BCUT2D eigenvalue weighted by Gasteiger charge is 2.15. The van der Waals surface area contributed by atoms with Gasteiger partial charge < -0.3 is 10.1 Å². The molecule has 0 bridgehead atoms. The van der Waals surface area contributed by atoms with Crippen LogP contribution in [-0.4, -0.2) is 25.2 Å². The molecular weight excluding hydrogens is 226 g/mol. The Hall–Kier alpha value is -1.53. The third-order valence-corrected chi connectivity index (χ3v) is 2.71. The lowest BCUT2D eigenvalue weighted by molar-refractivity contribution is -0.117. The van der Waals surface area contributed by atoms with E-state index in [2.05, 4.69) is 11.2 Å². The molecule has 1 N–H and O–H groups in total. The zero-order chi connectivity index (χ0) is 13.1. The number of unbranched alkanes of at least 4 members (excludes halogenated alkanes) is 2. The molecule has 18 heavy (non-hydrogen) atoms. The first-order valence-corrected chi connectivity index (χ1v) is 6.49. The SMILES string of the molecule is C#CCCCC=CC=CC(=O)NCC1CCCO1. The van der Waals surface area contributed by atoms with Gasteiger partial charge in [0.2, 0.25) is 5.91 Å². The van der Waals surface area contributed by atoms with E-state index in [0.717, 1.165) is 38.7 Å². The van der Waals surface area contributed by atoms with Crippen LogP contribution in [0.1, 0.15) is 32.1 Å². The smallest absolute Gasteiger partial charge is 0.244 e. The molecule has 0 spiro atoms. The number of carbonyl (C=O) groups excluding carboxylic acids is 1. The first kappa shape index (κ1) is 14.5. The topological polar surface area (TPSA) is 38.3 Å². The predicted molar refractivity (Wildman–Crippen MR) is 72.9 cm³/mol. The molecule has 0 saturated carbocycles. The normalized spacial score (nSPS) is 19.4. The molecule has 1 heterocycles. The molecule has 1 atom stereocenters. The van der Waals surface area contributed by atoms with Crippen molar-refractivity contribution in [2.75, 3.05) is 13.2 Å². The third kappa shape index (κ3) is 6.93. The largest absolute Gasteiger partial charge is 0.376 e. The van der Waals surface area contributed by atoms with Crippen molar-refractivity contribution in [3.05, 3.63) is 24.3 Å². The van der Waals surface area contributed by atoms with Gasteiger partial charge in [-0.05, 0) is 25.7 Å². The summed E-state index contributed by atoms with van der Waals surface area (Å²) in [6.07, 6.45) is 17.4. The maximum Gasteiger partial charge on any atom is 0.244 e. The highest BCUT2D eigenvalue weighted by molar-refractivity contribution is 5.87. The van der Waals surface area contributed by atoms with E-state index in [1.54, 1.807) is 6.08 Å². The van der Waals surface area contributed by atoms with Crippen molar-refractivity contribution in [2.24, 2.45) is 0 Å². The van der Waals surface area contributed by atoms with Crippen LogP contribution < -0.4 is 5.32 Å². The quantitative estimate of drug-likeness (QED) is 0.324. The molecule has 3 heteroatoms. The van der Waals surface area contributed by atoms with E-state index in [9.17, 15) is 4.79 Å². The van der Waals surface area contributed by atoms with Gasteiger partial charge in [0, 0.05) is 25.6 Å². The van der Waals surface area contributed by atoms with E-state index in [-0.39, 0.29) is 12.0 Å². The molecule has 98 valence electrons. The predicted octanol–water partition coefficient (Wildman–Crippen LogP) is 2.20. The Morgan fingerprint density at radius 2 is 2.39 bits per heavy atom. The maximum absolute atomic E-state index is 11.4. The molecule has 3 nitrogen and oxygen atoms in total. The maximum atomic E-state index is 11.4. The molecular formula is C15H21NO2. The van der Waals surface area contributed by atoms with E-state index >= 15 is 0 Å². The van der Waals surface area contributed by atoms with Crippen molar-refractivity contribution < 1.29 is 9.53 Å². The number of nitrogens with one attached hydrogen (secondary N) is 1. The minimum absolute atomic E-state index is 0.0706. The molecule has 1 aliphatic heterocycles. The van der Waals surface area contributed by atoms with E-state index in [0.29, 0.717) is 6.54 Å². The van der Waals surface area contributed by atoms with Crippen LogP contribution in [0.15, 0.2) is 24.3 Å². The van der Waals surface area contributed by atoms with Gasteiger partial charge in [0.05, 0.1) is 6.10 Å². The van der Waals surface area contributed by atoms with Gasteiger partial charge in [0.25, 0.3) is 0 Å². The van der Waals surface area contributed by atoms with Crippen LogP contribution in [0.4, 0.5) is 0 Å². The fourth-order valence-corrected chi connectivity index (χ4v) is 1.72. The summed E-state index contributed by atoms with van der Waals surface area (Å²) in [7, 11) is 0. The number of hydrogen-bond donors (Lipinski definition) is 1. The van der Waals surface area contributed by atoms with E-state index in [1.807, 2.05) is 12.2 Å². The Morgan fingerprint density at radius 3 is 3.11 bits per heavy atom. The zero-order valence-corrected chi connectivity index (χ0v) is 10.7. The monoisotopic (exact) mass is 247 g/mol. The number of amides is 1. The molecule has 1 unspecified atom stereocenters. The highest BCUT2D eigenvalue weighted by atomic mass is 16.5. The first-order chi connectivity index (χ1) is 8.83. The third-order valence-electron chi connectivity index (χ3n) is 2.71. The van der Waals surface area contributed by atoms with E-state index in [1.165, 1.54) is 6.08 Å². The molecule has 0 aromatic carbocycles. The molecule has 1 saturated heterocycles. The second-order valence-electron chi connectivity index (χ2n) is 4.26. The number of rotatable bonds is 7. The lowest BCUT2D eigenvalue weighted by atomic mass is 10.2. The van der Waals surface area contributed by atoms with Crippen LogP contribution in [0.5, 0.6) is 0 Å². The summed E-state index contributed by atoms with van der Waals surface area (Å²) in [5, 5.41) is 2.82. The summed E-state index contributed by atoms with van der Waals surface area (Å²) in [5.74, 6) is 2.52. The summed E-state index contributed by atoms with van der Waals surface area (Å²) in [6, 6.07) is 0. The van der Waals surface area contributed by atoms with E-state index in [4.69, 9.17) is 11.2 Å². The summed E-state index contributed by atoms with van der Waals surface area (Å²) < 4.78 is 5.41. The van der Waals surface area contributed by atoms with Crippen LogP contribution in [-0.2, 0) is 9.53 Å². The number of hydrogen-bond acceptors (Lipinski definition) is 2.